The zero-order valence-corrected chi connectivity index (χ0v) is 8.87. The molecular formula is C9H11BrO3. The van der Waals surface area contributed by atoms with Crippen LogP contribution < -0.4 is 0 Å². The topological polar surface area (TPSA) is 50.4 Å². The number of carboxylic acid groups (broad SMARTS) is 1. The number of halogens is 1. The van der Waals surface area contributed by atoms with Gasteiger partial charge in [-0.1, -0.05) is 6.92 Å². The Kier molecular flexibility index (Phi) is 3.54. The number of hydrogen-bond acceptors (Lipinski definition) is 2. The lowest BCUT2D eigenvalue weighted by Crippen LogP contribution is -2.06. The van der Waals surface area contributed by atoms with Crippen LogP contribution in [0.15, 0.2) is 21.2 Å². The summed E-state index contributed by atoms with van der Waals surface area (Å²) in [4.78, 5) is 10.4. The normalized spacial score (nSPS) is 12.8. The number of hydrogen-bond donors (Lipinski definition) is 1. The van der Waals surface area contributed by atoms with E-state index in [0.717, 1.165) is 5.76 Å². The molecule has 1 unspecified atom stereocenters. The second-order valence-corrected chi connectivity index (χ2v) is 3.89. The summed E-state index contributed by atoms with van der Waals surface area (Å²) < 4.78 is 5.94. The lowest BCUT2D eigenvalue weighted by Gasteiger charge is -2.04. The summed E-state index contributed by atoms with van der Waals surface area (Å²) in [5.41, 5.74) is 0. The highest BCUT2D eigenvalue weighted by Crippen LogP contribution is 2.18. The first-order valence-electron chi connectivity index (χ1n) is 4.04. The molecule has 0 spiro atoms. The Bertz CT molecular complexity index is 293. The predicted octanol–water partition coefficient (Wildman–Crippen LogP) is 2.70. The molecule has 1 heterocycles. The molecule has 0 aliphatic heterocycles. The smallest absolute Gasteiger partial charge is 0.303 e. The van der Waals surface area contributed by atoms with Crippen molar-refractivity contribution in [3.8, 4) is 0 Å². The Morgan fingerprint density at radius 3 is 2.85 bits per heavy atom. The van der Waals surface area contributed by atoms with E-state index in [4.69, 9.17) is 9.52 Å². The van der Waals surface area contributed by atoms with Crippen molar-refractivity contribution in [3.63, 3.8) is 0 Å². The van der Waals surface area contributed by atoms with Gasteiger partial charge in [-0.2, -0.15) is 0 Å². The van der Waals surface area contributed by atoms with E-state index in [9.17, 15) is 4.79 Å². The van der Waals surface area contributed by atoms with Crippen LogP contribution in [0.25, 0.3) is 0 Å². The van der Waals surface area contributed by atoms with Crippen LogP contribution in [-0.2, 0) is 11.2 Å². The van der Waals surface area contributed by atoms with E-state index in [0.29, 0.717) is 11.1 Å². The van der Waals surface area contributed by atoms with Gasteiger partial charge in [0.05, 0.1) is 0 Å². The van der Waals surface area contributed by atoms with Crippen molar-refractivity contribution in [2.75, 3.05) is 0 Å². The quantitative estimate of drug-likeness (QED) is 0.889. The Morgan fingerprint density at radius 1 is 1.69 bits per heavy atom. The van der Waals surface area contributed by atoms with Crippen LogP contribution in [-0.4, -0.2) is 11.1 Å². The summed E-state index contributed by atoms with van der Waals surface area (Å²) in [7, 11) is 0. The minimum atomic E-state index is -0.766. The SMILES string of the molecule is CC(CC(=O)O)Cc1ccc(Br)o1. The van der Waals surface area contributed by atoms with Gasteiger partial charge in [0, 0.05) is 12.8 Å². The molecular weight excluding hydrogens is 236 g/mol. The summed E-state index contributed by atoms with van der Waals surface area (Å²) in [6, 6.07) is 3.66. The number of aliphatic carboxylic acids is 1. The molecule has 0 saturated carbocycles. The maximum atomic E-state index is 10.4. The van der Waals surface area contributed by atoms with Crippen molar-refractivity contribution in [3.05, 3.63) is 22.6 Å². The van der Waals surface area contributed by atoms with E-state index >= 15 is 0 Å². The van der Waals surface area contributed by atoms with E-state index < -0.39 is 5.97 Å². The molecule has 1 aromatic rings. The maximum absolute atomic E-state index is 10.4. The summed E-state index contributed by atoms with van der Waals surface area (Å²) >= 11 is 3.19. The number of rotatable bonds is 4. The van der Waals surface area contributed by atoms with E-state index in [1.165, 1.54) is 0 Å². The van der Waals surface area contributed by atoms with Crippen LogP contribution in [0.2, 0.25) is 0 Å². The van der Waals surface area contributed by atoms with Crippen molar-refractivity contribution < 1.29 is 14.3 Å². The fourth-order valence-electron chi connectivity index (χ4n) is 1.18. The van der Waals surface area contributed by atoms with Crippen LogP contribution in [0.3, 0.4) is 0 Å². The third-order valence-electron chi connectivity index (χ3n) is 1.70. The van der Waals surface area contributed by atoms with Gasteiger partial charge in [-0.05, 0) is 34.0 Å². The van der Waals surface area contributed by atoms with Gasteiger partial charge in [0.2, 0.25) is 0 Å². The first-order valence-corrected chi connectivity index (χ1v) is 4.83. The summed E-state index contributed by atoms with van der Waals surface area (Å²) in [6.07, 6.45) is 0.843. The van der Waals surface area contributed by atoms with Crippen molar-refractivity contribution in [2.45, 2.75) is 19.8 Å². The summed E-state index contributed by atoms with van der Waals surface area (Å²) in [5.74, 6) is 0.161. The van der Waals surface area contributed by atoms with Gasteiger partial charge in [0.25, 0.3) is 0 Å². The highest BCUT2D eigenvalue weighted by Gasteiger charge is 2.10. The van der Waals surface area contributed by atoms with Crippen molar-refractivity contribution in [1.29, 1.82) is 0 Å². The Labute approximate surface area is 84.9 Å². The molecule has 0 fully saturated rings. The van der Waals surface area contributed by atoms with Gasteiger partial charge in [0.1, 0.15) is 5.76 Å². The molecule has 72 valence electrons. The molecule has 0 saturated heterocycles. The largest absolute Gasteiger partial charge is 0.481 e. The van der Waals surface area contributed by atoms with Crippen LogP contribution in [0.4, 0.5) is 0 Å². The van der Waals surface area contributed by atoms with Gasteiger partial charge in [0.15, 0.2) is 4.67 Å². The van der Waals surface area contributed by atoms with Gasteiger partial charge in [-0.25, -0.2) is 0 Å². The fraction of sp³-hybridized carbons (Fsp3) is 0.444. The maximum Gasteiger partial charge on any atom is 0.303 e. The number of carbonyl (C=O) groups is 1. The van der Waals surface area contributed by atoms with E-state index in [1.54, 1.807) is 0 Å². The Balaban J connectivity index is 2.44. The monoisotopic (exact) mass is 246 g/mol. The molecule has 1 N–H and O–H groups in total. The fourth-order valence-corrected chi connectivity index (χ4v) is 1.52. The van der Waals surface area contributed by atoms with Gasteiger partial charge in [-0.15, -0.1) is 0 Å². The molecule has 0 bridgehead atoms. The lowest BCUT2D eigenvalue weighted by molar-refractivity contribution is -0.137. The molecule has 1 rings (SSSR count). The zero-order valence-electron chi connectivity index (χ0n) is 7.29. The highest BCUT2D eigenvalue weighted by atomic mass is 79.9. The molecule has 0 amide bonds. The summed E-state index contributed by atoms with van der Waals surface area (Å²) in [6.45, 7) is 1.89. The van der Waals surface area contributed by atoms with Crippen LogP contribution >= 0.6 is 15.9 Å². The molecule has 1 aromatic heterocycles. The van der Waals surface area contributed by atoms with Gasteiger partial charge < -0.3 is 9.52 Å². The standard InChI is InChI=1S/C9H11BrO3/c1-6(5-9(11)12)4-7-2-3-8(10)13-7/h2-3,6H,4-5H2,1H3,(H,11,12). The first-order chi connectivity index (χ1) is 6.08. The van der Waals surface area contributed by atoms with Crippen LogP contribution in [0.1, 0.15) is 19.1 Å². The summed E-state index contributed by atoms with van der Waals surface area (Å²) in [5, 5.41) is 8.53. The van der Waals surface area contributed by atoms with E-state index in [1.807, 2.05) is 19.1 Å². The molecule has 0 radical (unpaired) electrons. The molecule has 0 aliphatic rings. The van der Waals surface area contributed by atoms with Gasteiger partial charge in [-0.3, -0.25) is 4.79 Å². The van der Waals surface area contributed by atoms with E-state index in [-0.39, 0.29) is 12.3 Å². The molecule has 13 heavy (non-hydrogen) atoms. The van der Waals surface area contributed by atoms with Crippen LogP contribution in [0, 0.1) is 5.92 Å². The Morgan fingerprint density at radius 2 is 2.38 bits per heavy atom. The van der Waals surface area contributed by atoms with Crippen LogP contribution in [0.5, 0.6) is 0 Å². The second kappa shape index (κ2) is 4.46. The minimum absolute atomic E-state index is 0.107. The van der Waals surface area contributed by atoms with Crippen molar-refractivity contribution in [1.82, 2.24) is 0 Å². The highest BCUT2D eigenvalue weighted by molar-refractivity contribution is 9.10. The minimum Gasteiger partial charge on any atom is -0.481 e. The third kappa shape index (κ3) is 3.63. The zero-order chi connectivity index (χ0) is 9.84. The molecule has 4 heteroatoms. The second-order valence-electron chi connectivity index (χ2n) is 3.11. The van der Waals surface area contributed by atoms with Crippen molar-refractivity contribution in [2.24, 2.45) is 5.92 Å². The number of furan rings is 1. The third-order valence-corrected chi connectivity index (χ3v) is 2.13. The predicted molar refractivity (Wildman–Crippen MR) is 51.5 cm³/mol. The average Bonchev–Trinajstić information content (AvgIpc) is 2.33. The number of carboxylic acids is 1. The molecule has 3 nitrogen and oxygen atoms in total. The molecule has 0 aliphatic carbocycles. The molecule has 0 aromatic carbocycles. The van der Waals surface area contributed by atoms with Crippen molar-refractivity contribution >= 4 is 21.9 Å². The Hall–Kier alpha value is -0.770. The van der Waals surface area contributed by atoms with E-state index in [2.05, 4.69) is 15.9 Å². The average molecular weight is 247 g/mol. The van der Waals surface area contributed by atoms with Gasteiger partial charge >= 0.3 is 5.97 Å². The lowest BCUT2D eigenvalue weighted by atomic mass is 10.0. The first kappa shape index (κ1) is 10.3. The molecule has 1 atom stereocenters.